The fraction of sp³-hybridized carbons (Fsp3) is 0.273. The van der Waals surface area contributed by atoms with Gasteiger partial charge in [0.2, 0.25) is 5.91 Å². The zero-order valence-corrected chi connectivity index (χ0v) is 17.9. The van der Waals surface area contributed by atoms with Crippen molar-refractivity contribution in [3.05, 3.63) is 75.2 Å². The van der Waals surface area contributed by atoms with E-state index in [4.69, 9.17) is 21.1 Å². The van der Waals surface area contributed by atoms with E-state index in [9.17, 15) is 4.79 Å². The number of thiazole rings is 1. The molecule has 0 fully saturated rings. The maximum Gasteiger partial charge on any atom is 0.226 e. The highest BCUT2D eigenvalue weighted by atomic mass is 35.5. The van der Waals surface area contributed by atoms with E-state index < -0.39 is 0 Å². The number of amides is 1. The molecule has 29 heavy (non-hydrogen) atoms. The van der Waals surface area contributed by atoms with Crippen molar-refractivity contribution >= 4 is 28.8 Å². The molecule has 2 aromatic carbocycles. The highest BCUT2D eigenvalue weighted by molar-refractivity contribution is 7.09. The third-order valence-electron chi connectivity index (χ3n) is 4.16. The fourth-order valence-corrected chi connectivity index (χ4v) is 3.58. The Bertz CT molecular complexity index is 943. The molecule has 7 heteroatoms. The first-order valence-electron chi connectivity index (χ1n) is 9.37. The number of nitrogens with zero attached hydrogens (tertiary/aromatic N) is 1. The number of benzene rings is 2. The van der Waals surface area contributed by atoms with Gasteiger partial charge in [-0.15, -0.1) is 11.3 Å². The lowest BCUT2D eigenvalue weighted by molar-refractivity contribution is -0.121. The molecule has 0 spiro atoms. The van der Waals surface area contributed by atoms with Crippen molar-refractivity contribution in [3.8, 4) is 11.5 Å². The second kappa shape index (κ2) is 10.3. The normalized spacial score (nSPS) is 11.7. The standard InChI is InChI=1S/C22H23ClN2O3S/c1-3-27-20-6-4-5-16(11-20)15(2)24-21(26)12-18-14-29-22(25-18)13-28-19-9-7-17(23)8-10-19/h4-11,14-15H,3,12-13H2,1-2H3,(H,24,26). The van der Waals surface area contributed by atoms with Gasteiger partial charge < -0.3 is 14.8 Å². The third-order valence-corrected chi connectivity index (χ3v) is 5.29. The number of hydrogen-bond donors (Lipinski definition) is 1. The van der Waals surface area contributed by atoms with Crippen LogP contribution in [0.25, 0.3) is 0 Å². The second-order valence-corrected chi connectivity index (χ2v) is 7.83. The summed E-state index contributed by atoms with van der Waals surface area (Å²) < 4.78 is 11.2. The summed E-state index contributed by atoms with van der Waals surface area (Å²) in [4.78, 5) is 16.9. The van der Waals surface area contributed by atoms with Gasteiger partial charge in [-0.2, -0.15) is 0 Å². The molecule has 3 rings (SSSR count). The Balaban J connectivity index is 1.50. The van der Waals surface area contributed by atoms with Gasteiger partial charge in [0.25, 0.3) is 0 Å². The number of carbonyl (C=O) groups excluding carboxylic acids is 1. The summed E-state index contributed by atoms with van der Waals surface area (Å²) in [6.45, 7) is 4.86. The Labute approximate surface area is 179 Å². The number of ether oxygens (including phenoxy) is 2. The smallest absolute Gasteiger partial charge is 0.226 e. The summed E-state index contributed by atoms with van der Waals surface area (Å²) in [6.07, 6.45) is 0.229. The highest BCUT2D eigenvalue weighted by Crippen LogP contribution is 2.20. The van der Waals surface area contributed by atoms with Gasteiger partial charge in [-0.05, 0) is 55.8 Å². The Hall–Kier alpha value is -2.57. The number of hydrogen-bond acceptors (Lipinski definition) is 5. The van der Waals surface area contributed by atoms with Gasteiger partial charge in [-0.3, -0.25) is 4.79 Å². The van der Waals surface area contributed by atoms with Crippen molar-refractivity contribution in [2.45, 2.75) is 32.9 Å². The number of carbonyl (C=O) groups is 1. The number of halogens is 1. The van der Waals surface area contributed by atoms with Crippen LogP contribution in [-0.2, 0) is 17.8 Å². The molecule has 1 N–H and O–H groups in total. The van der Waals surface area contributed by atoms with E-state index >= 15 is 0 Å². The van der Waals surface area contributed by atoms with E-state index in [1.165, 1.54) is 11.3 Å². The summed E-state index contributed by atoms with van der Waals surface area (Å²) in [5, 5.41) is 6.39. The predicted octanol–water partition coefficient (Wildman–Crippen LogP) is 5.19. The fourth-order valence-electron chi connectivity index (χ4n) is 2.75. The molecule has 0 aliphatic carbocycles. The van der Waals surface area contributed by atoms with Crippen molar-refractivity contribution in [2.75, 3.05) is 6.61 Å². The molecule has 5 nitrogen and oxygen atoms in total. The maximum atomic E-state index is 12.4. The first-order valence-corrected chi connectivity index (χ1v) is 10.6. The molecule has 0 saturated carbocycles. The Kier molecular flexibility index (Phi) is 7.49. The Morgan fingerprint density at radius 1 is 1.17 bits per heavy atom. The SMILES string of the molecule is CCOc1cccc(C(C)NC(=O)Cc2csc(COc3ccc(Cl)cc3)n2)c1. The minimum absolute atomic E-state index is 0.0743. The molecule has 0 radical (unpaired) electrons. The van der Waals surface area contributed by atoms with Gasteiger partial charge in [0.15, 0.2) is 0 Å². The summed E-state index contributed by atoms with van der Waals surface area (Å²) in [6, 6.07) is 14.8. The van der Waals surface area contributed by atoms with Gasteiger partial charge >= 0.3 is 0 Å². The van der Waals surface area contributed by atoms with Crippen molar-refractivity contribution in [1.82, 2.24) is 10.3 Å². The average molecular weight is 431 g/mol. The van der Waals surface area contributed by atoms with Crippen LogP contribution in [0.2, 0.25) is 5.02 Å². The molecule has 1 heterocycles. The van der Waals surface area contributed by atoms with Gasteiger partial charge in [0.1, 0.15) is 23.1 Å². The molecule has 0 aliphatic heterocycles. The first-order chi connectivity index (χ1) is 14.0. The number of nitrogens with one attached hydrogen (secondary N) is 1. The Morgan fingerprint density at radius 2 is 1.97 bits per heavy atom. The van der Waals surface area contributed by atoms with E-state index in [1.54, 1.807) is 12.1 Å². The molecule has 152 valence electrons. The predicted molar refractivity (Wildman–Crippen MR) is 116 cm³/mol. The van der Waals surface area contributed by atoms with Crippen molar-refractivity contribution in [2.24, 2.45) is 0 Å². The largest absolute Gasteiger partial charge is 0.494 e. The molecule has 1 amide bonds. The lowest BCUT2D eigenvalue weighted by atomic mass is 10.1. The minimum atomic E-state index is -0.116. The lowest BCUT2D eigenvalue weighted by Gasteiger charge is -2.15. The molecular formula is C22H23ClN2O3S. The van der Waals surface area contributed by atoms with Crippen molar-refractivity contribution in [3.63, 3.8) is 0 Å². The topological polar surface area (TPSA) is 60.5 Å². The monoisotopic (exact) mass is 430 g/mol. The summed E-state index contributed by atoms with van der Waals surface area (Å²) >= 11 is 7.35. The molecule has 1 unspecified atom stereocenters. The molecule has 0 saturated heterocycles. The minimum Gasteiger partial charge on any atom is -0.494 e. The molecule has 0 bridgehead atoms. The van der Waals surface area contributed by atoms with Gasteiger partial charge in [-0.1, -0.05) is 23.7 Å². The summed E-state index contributed by atoms with van der Waals surface area (Å²) in [5.74, 6) is 1.46. The van der Waals surface area contributed by atoms with Crippen molar-refractivity contribution < 1.29 is 14.3 Å². The van der Waals surface area contributed by atoms with Crippen LogP contribution in [0.3, 0.4) is 0 Å². The maximum absolute atomic E-state index is 12.4. The van der Waals surface area contributed by atoms with E-state index in [0.717, 1.165) is 27.8 Å². The van der Waals surface area contributed by atoms with E-state index in [0.29, 0.717) is 18.2 Å². The van der Waals surface area contributed by atoms with Crippen LogP contribution in [0.1, 0.15) is 36.2 Å². The molecule has 1 atom stereocenters. The van der Waals surface area contributed by atoms with Crippen LogP contribution in [0.15, 0.2) is 53.9 Å². The van der Waals surface area contributed by atoms with Gasteiger partial charge in [0.05, 0.1) is 24.8 Å². The third kappa shape index (κ3) is 6.48. The van der Waals surface area contributed by atoms with Crippen LogP contribution in [-0.4, -0.2) is 17.5 Å². The van der Waals surface area contributed by atoms with Crippen LogP contribution in [0, 0.1) is 0 Å². The molecule has 1 aromatic heterocycles. The van der Waals surface area contributed by atoms with Gasteiger partial charge in [0, 0.05) is 10.4 Å². The van der Waals surface area contributed by atoms with Crippen molar-refractivity contribution in [1.29, 1.82) is 0 Å². The van der Waals surface area contributed by atoms with Crippen LogP contribution < -0.4 is 14.8 Å². The van der Waals surface area contributed by atoms with Crippen LogP contribution in [0.4, 0.5) is 0 Å². The van der Waals surface area contributed by atoms with E-state index in [2.05, 4.69) is 10.3 Å². The number of aromatic nitrogens is 1. The van der Waals surface area contributed by atoms with Gasteiger partial charge in [-0.25, -0.2) is 4.98 Å². The van der Waals surface area contributed by atoms with E-state index in [-0.39, 0.29) is 18.4 Å². The van der Waals surface area contributed by atoms with Crippen LogP contribution in [0.5, 0.6) is 11.5 Å². The lowest BCUT2D eigenvalue weighted by Crippen LogP contribution is -2.28. The molecule has 3 aromatic rings. The van der Waals surface area contributed by atoms with E-state index in [1.807, 2.05) is 55.6 Å². The number of rotatable bonds is 9. The summed E-state index contributed by atoms with van der Waals surface area (Å²) in [5.41, 5.74) is 1.73. The highest BCUT2D eigenvalue weighted by Gasteiger charge is 2.13. The molecular weight excluding hydrogens is 408 g/mol. The average Bonchev–Trinajstić information content (AvgIpc) is 3.15. The van der Waals surface area contributed by atoms with Crippen LogP contribution >= 0.6 is 22.9 Å². The molecule has 0 aliphatic rings. The zero-order valence-electron chi connectivity index (χ0n) is 16.4. The quantitative estimate of drug-likeness (QED) is 0.507. The zero-order chi connectivity index (χ0) is 20.6. The summed E-state index contributed by atoms with van der Waals surface area (Å²) in [7, 11) is 0. The first kappa shape index (κ1) is 21.1. The Morgan fingerprint density at radius 3 is 2.72 bits per heavy atom. The second-order valence-electron chi connectivity index (χ2n) is 6.45.